The molecular weight excluding hydrogens is 382 g/mol. The quantitative estimate of drug-likeness (QED) is 0.720. The molecule has 2 aromatic rings. The first-order valence-electron chi connectivity index (χ1n) is 10.7. The van der Waals surface area contributed by atoms with Crippen LogP contribution in [-0.4, -0.2) is 53.5 Å². The van der Waals surface area contributed by atoms with E-state index in [1.54, 1.807) is 18.4 Å². The molecule has 2 fully saturated rings. The number of amides is 1. The molecule has 156 valence electrons. The summed E-state index contributed by atoms with van der Waals surface area (Å²) in [6, 6.07) is 8.57. The van der Waals surface area contributed by atoms with E-state index in [1.807, 2.05) is 12.1 Å². The highest BCUT2D eigenvalue weighted by Gasteiger charge is 2.34. The van der Waals surface area contributed by atoms with Crippen molar-refractivity contribution in [2.24, 2.45) is 5.92 Å². The summed E-state index contributed by atoms with van der Waals surface area (Å²) in [6.45, 7) is 5.85. The van der Waals surface area contributed by atoms with E-state index >= 15 is 0 Å². The first kappa shape index (κ1) is 20.4. The number of rotatable bonds is 6. The third-order valence-corrected chi connectivity index (χ3v) is 7.08. The van der Waals surface area contributed by atoms with Gasteiger partial charge in [0.1, 0.15) is 5.75 Å². The summed E-state index contributed by atoms with van der Waals surface area (Å²) < 4.78 is 5.35. The molecule has 1 amide bonds. The Labute approximate surface area is 177 Å². The molecule has 0 saturated carbocycles. The Morgan fingerprint density at radius 3 is 2.79 bits per heavy atom. The molecule has 0 spiro atoms. The van der Waals surface area contributed by atoms with Crippen LogP contribution >= 0.6 is 11.3 Å². The number of hydrogen-bond donors (Lipinski definition) is 0. The Kier molecular flexibility index (Phi) is 6.50. The van der Waals surface area contributed by atoms with E-state index in [9.17, 15) is 4.79 Å². The van der Waals surface area contributed by atoms with E-state index in [-0.39, 0.29) is 5.92 Å². The summed E-state index contributed by atoms with van der Waals surface area (Å²) in [5.74, 6) is 1.44. The van der Waals surface area contributed by atoms with Crippen molar-refractivity contribution in [2.45, 2.75) is 51.6 Å². The van der Waals surface area contributed by atoms with Crippen LogP contribution in [0.3, 0.4) is 0 Å². The topological polar surface area (TPSA) is 45.7 Å². The molecular formula is C23H31N3O2S. The zero-order chi connectivity index (χ0) is 20.2. The molecule has 1 aromatic heterocycles. The molecule has 2 aliphatic heterocycles. The van der Waals surface area contributed by atoms with Crippen LogP contribution in [0.1, 0.15) is 41.9 Å². The van der Waals surface area contributed by atoms with Crippen LogP contribution in [0.25, 0.3) is 0 Å². The van der Waals surface area contributed by atoms with Gasteiger partial charge in [0, 0.05) is 30.4 Å². The number of carbonyl (C=O) groups is 1. The zero-order valence-corrected chi connectivity index (χ0v) is 18.3. The fourth-order valence-electron chi connectivity index (χ4n) is 4.69. The molecule has 0 N–H and O–H groups in total. The Morgan fingerprint density at radius 2 is 2.07 bits per heavy atom. The van der Waals surface area contributed by atoms with E-state index in [0.717, 1.165) is 74.7 Å². The van der Waals surface area contributed by atoms with Gasteiger partial charge >= 0.3 is 0 Å². The van der Waals surface area contributed by atoms with Crippen molar-refractivity contribution in [3.63, 3.8) is 0 Å². The minimum Gasteiger partial charge on any atom is -0.497 e. The van der Waals surface area contributed by atoms with E-state index < -0.39 is 0 Å². The lowest BCUT2D eigenvalue weighted by Gasteiger charge is -2.34. The number of hydrogen-bond acceptors (Lipinski definition) is 5. The van der Waals surface area contributed by atoms with Gasteiger partial charge in [-0.2, -0.15) is 0 Å². The second-order valence-corrected chi connectivity index (χ2v) is 9.35. The summed E-state index contributed by atoms with van der Waals surface area (Å²) >= 11 is 1.71. The van der Waals surface area contributed by atoms with Crippen LogP contribution in [0.15, 0.2) is 29.6 Å². The summed E-state index contributed by atoms with van der Waals surface area (Å²) in [5, 5.41) is 3.28. The van der Waals surface area contributed by atoms with Gasteiger partial charge in [0.05, 0.1) is 17.8 Å². The van der Waals surface area contributed by atoms with Gasteiger partial charge in [0.2, 0.25) is 5.91 Å². The van der Waals surface area contributed by atoms with E-state index in [4.69, 9.17) is 4.74 Å². The number of thiazole rings is 1. The predicted molar refractivity (Wildman–Crippen MR) is 116 cm³/mol. The Bertz CT molecular complexity index is 829. The zero-order valence-electron chi connectivity index (χ0n) is 17.5. The van der Waals surface area contributed by atoms with Crippen molar-refractivity contribution in [2.75, 3.05) is 26.7 Å². The molecule has 29 heavy (non-hydrogen) atoms. The monoisotopic (exact) mass is 413 g/mol. The van der Waals surface area contributed by atoms with E-state index in [0.29, 0.717) is 11.9 Å². The number of aryl methyl sites for hydroxylation is 1. The largest absolute Gasteiger partial charge is 0.497 e. The van der Waals surface area contributed by atoms with E-state index in [1.165, 1.54) is 5.56 Å². The van der Waals surface area contributed by atoms with Crippen LogP contribution in [0, 0.1) is 12.8 Å². The number of piperidine rings is 1. The van der Waals surface area contributed by atoms with Crippen molar-refractivity contribution in [3.8, 4) is 5.75 Å². The van der Waals surface area contributed by atoms with Crippen molar-refractivity contribution in [1.82, 2.24) is 14.8 Å². The van der Waals surface area contributed by atoms with Crippen molar-refractivity contribution < 1.29 is 9.53 Å². The van der Waals surface area contributed by atoms with Crippen LogP contribution < -0.4 is 4.74 Å². The number of likely N-dealkylation sites (tertiary alicyclic amines) is 2. The molecule has 1 atom stereocenters. The molecule has 1 aromatic carbocycles. The Balaban J connectivity index is 1.31. The third-order valence-electron chi connectivity index (χ3n) is 6.25. The fraction of sp³-hybridized carbons (Fsp3) is 0.565. The van der Waals surface area contributed by atoms with Crippen molar-refractivity contribution in [3.05, 3.63) is 45.9 Å². The van der Waals surface area contributed by atoms with Crippen LogP contribution in [0.2, 0.25) is 0 Å². The molecule has 2 saturated heterocycles. The third kappa shape index (κ3) is 4.98. The van der Waals surface area contributed by atoms with Crippen LogP contribution in [0.5, 0.6) is 5.75 Å². The Hall–Kier alpha value is -1.92. The van der Waals surface area contributed by atoms with Gasteiger partial charge in [0.15, 0.2) is 0 Å². The van der Waals surface area contributed by atoms with Gasteiger partial charge in [0.25, 0.3) is 0 Å². The molecule has 4 rings (SSSR count). The maximum atomic E-state index is 13.3. The van der Waals surface area contributed by atoms with E-state index in [2.05, 4.69) is 39.2 Å². The van der Waals surface area contributed by atoms with Crippen LogP contribution in [0.4, 0.5) is 0 Å². The average Bonchev–Trinajstić information content (AvgIpc) is 3.37. The molecule has 0 aliphatic carbocycles. The second-order valence-electron chi connectivity index (χ2n) is 8.29. The molecule has 1 unspecified atom stereocenters. The highest BCUT2D eigenvalue weighted by atomic mass is 32.1. The second kappa shape index (κ2) is 9.26. The standard InChI is InChI=1S/C23H31N3O2S/c1-17-24-20(16-29-17)15-25-11-8-19(9-12-25)23(27)26-10-4-6-21(26)13-18-5-3-7-22(14-18)28-2/h3,5,7,14,16,19,21H,4,6,8-13,15H2,1-2H3. The number of ether oxygens (including phenoxy) is 1. The summed E-state index contributed by atoms with van der Waals surface area (Å²) in [6.07, 6.45) is 5.06. The molecule has 3 heterocycles. The summed E-state index contributed by atoms with van der Waals surface area (Å²) in [4.78, 5) is 22.5. The maximum absolute atomic E-state index is 13.3. The maximum Gasteiger partial charge on any atom is 0.226 e. The summed E-state index contributed by atoms with van der Waals surface area (Å²) in [7, 11) is 1.70. The first-order valence-corrected chi connectivity index (χ1v) is 11.6. The smallest absolute Gasteiger partial charge is 0.226 e. The normalized spacial score (nSPS) is 20.9. The minimum absolute atomic E-state index is 0.175. The van der Waals surface area contributed by atoms with Gasteiger partial charge < -0.3 is 9.64 Å². The first-order chi connectivity index (χ1) is 14.1. The van der Waals surface area contributed by atoms with Crippen molar-refractivity contribution >= 4 is 17.2 Å². The average molecular weight is 414 g/mol. The highest BCUT2D eigenvalue weighted by Crippen LogP contribution is 2.28. The SMILES string of the molecule is COc1cccc(CC2CCCN2C(=O)C2CCN(Cc3csc(C)n3)CC2)c1. The highest BCUT2D eigenvalue weighted by molar-refractivity contribution is 7.09. The number of methoxy groups -OCH3 is 1. The van der Waals surface area contributed by atoms with Gasteiger partial charge in [-0.15, -0.1) is 11.3 Å². The van der Waals surface area contributed by atoms with Crippen molar-refractivity contribution in [1.29, 1.82) is 0 Å². The number of aromatic nitrogens is 1. The Morgan fingerprint density at radius 1 is 1.24 bits per heavy atom. The number of carbonyl (C=O) groups excluding carboxylic acids is 1. The summed E-state index contributed by atoms with van der Waals surface area (Å²) in [5.41, 5.74) is 2.41. The van der Waals surface area contributed by atoms with Crippen LogP contribution in [-0.2, 0) is 17.8 Å². The number of nitrogens with zero attached hydrogens (tertiary/aromatic N) is 3. The molecule has 6 heteroatoms. The lowest BCUT2D eigenvalue weighted by molar-refractivity contribution is -0.138. The minimum atomic E-state index is 0.175. The molecule has 5 nitrogen and oxygen atoms in total. The van der Waals surface area contributed by atoms with Gasteiger partial charge in [-0.05, 0) is 69.8 Å². The van der Waals surface area contributed by atoms with Gasteiger partial charge in [-0.1, -0.05) is 12.1 Å². The molecule has 2 aliphatic rings. The lowest BCUT2D eigenvalue weighted by Crippen LogP contribution is -2.44. The number of benzene rings is 1. The van der Waals surface area contributed by atoms with Gasteiger partial charge in [-0.25, -0.2) is 4.98 Å². The molecule has 0 bridgehead atoms. The lowest BCUT2D eigenvalue weighted by atomic mass is 9.94. The van der Waals surface area contributed by atoms with Gasteiger partial charge in [-0.3, -0.25) is 9.69 Å². The predicted octanol–water partition coefficient (Wildman–Crippen LogP) is 3.91. The fourth-order valence-corrected chi connectivity index (χ4v) is 5.30. The molecule has 0 radical (unpaired) electrons.